The van der Waals surface area contributed by atoms with Gasteiger partial charge in [-0.1, -0.05) is 0 Å². The molecule has 0 heterocycles. The van der Waals surface area contributed by atoms with Gasteiger partial charge in [-0.25, -0.2) is 4.79 Å². The van der Waals surface area contributed by atoms with E-state index in [9.17, 15) is 14.7 Å². The standard InChI is InChI=1S/C10H18O7S/c1-2-16-3-4-17-5-6-18-10(15,9(13)14)7-8(11)12/h15H,2-7H2,1H3,(H,11,12)(H,13,14). The lowest BCUT2D eigenvalue weighted by Gasteiger charge is -2.20. The minimum absolute atomic E-state index is 0.183. The molecule has 0 aliphatic heterocycles. The Labute approximate surface area is 109 Å². The molecule has 0 aliphatic rings. The van der Waals surface area contributed by atoms with E-state index >= 15 is 0 Å². The maximum Gasteiger partial charge on any atom is 0.347 e. The van der Waals surface area contributed by atoms with Crippen molar-refractivity contribution in [2.45, 2.75) is 18.3 Å². The van der Waals surface area contributed by atoms with Gasteiger partial charge in [-0.15, -0.1) is 11.8 Å². The van der Waals surface area contributed by atoms with E-state index in [4.69, 9.17) is 19.7 Å². The summed E-state index contributed by atoms with van der Waals surface area (Å²) in [5, 5.41) is 26.9. The lowest BCUT2D eigenvalue weighted by atomic mass is 10.2. The molecular formula is C10H18O7S. The van der Waals surface area contributed by atoms with Gasteiger partial charge in [-0.3, -0.25) is 4.79 Å². The molecule has 18 heavy (non-hydrogen) atoms. The third-order valence-electron chi connectivity index (χ3n) is 1.87. The van der Waals surface area contributed by atoms with Crippen molar-refractivity contribution in [3.8, 4) is 0 Å². The van der Waals surface area contributed by atoms with Crippen LogP contribution in [0.5, 0.6) is 0 Å². The maximum atomic E-state index is 10.8. The third-order valence-corrected chi connectivity index (χ3v) is 3.04. The number of aliphatic carboxylic acids is 2. The first-order valence-corrected chi connectivity index (χ1v) is 6.38. The van der Waals surface area contributed by atoms with Gasteiger partial charge < -0.3 is 24.8 Å². The summed E-state index contributed by atoms with van der Waals surface area (Å²) >= 11 is 0.633. The number of ether oxygens (including phenoxy) is 2. The van der Waals surface area contributed by atoms with Crippen LogP contribution in [0.1, 0.15) is 13.3 Å². The first-order chi connectivity index (χ1) is 8.42. The summed E-state index contributed by atoms with van der Waals surface area (Å²) in [4.78, 5) is 18.9. The predicted octanol–water partition coefficient (Wildman–Crippen LogP) is 0.0206. The number of carbonyl (C=O) groups is 2. The summed E-state index contributed by atoms with van der Waals surface area (Å²) < 4.78 is 10.1. The molecule has 0 aromatic carbocycles. The molecule has 0 rings (SSSR count). The fourth-order valence-corrected chi connectivity index (χ4v) is 1.91. The van der Waals surface area contributed by atoms with Crippen LogP contribution in [0.4, 0.5) is 0 Å². The Morgan fingerprint density at radius 2 is 1.78 bits per heavy atom. The van der Waals surface area contributed by atoms with Crippen molar-refractivity contribution in [2.24, 2.45) is 0 Å². The fraction of sp³-hybridized carbons (Fsp3) is 0.800. The molecule has 1 atom stereocenters. The summed E-state index contributed by atoms with van der Waals surface area (Å²) in [6, 6.07) is 0. The highest BCUT2D eigenvalue weighted by Gasteiger charge is 2.39. The van der Waals surface area contributed by atoms with Gasteiger partial charge in [0.15, 0.2) is 0 Å². The van der Waals surface area contributed by atoms with Crippen LogP contribution in [-0.2, 0) is 19.1 Å². The van der Waals surface area contributed by atoms with E-state index in [1.54, 1.807) is 0 Å². The lowest BCUT2D eigenvalue weighted by molar-refractivity contribution is -0.155. The van der Waals surface area contributed by atoms with Crippen LogP contribution in [0.15, 0.2) is 0 Å². The van der Waals surface area contributed by atoms with Gasteiger partial charge in [0.1, 0.15) is 0 Å². The van der Waals surface area contributed by atoms with Gasteiger partial charge in [0.2, 0.25) is 4.93 Å². The zero-order valence-electron chi connectivity index (χ0n) is 10.1. The summed E-state index contributed by atoms with van der Waals surface area (Å²) in [5.74, 6) is -2.75. The third kappa shape index (κ3) is 7.49. The number of carboxylic acid groups (broad SMARTS) is 2. The van der Waals surface area contributed by atoms with Gasteiger partial charge in [-0.2, -0.15) is 0 Å². The summed E-state index contributed by atoms with van der Waals surface area (Å²) in [7, 11) is 0. The second kappa shape index (κ2) is 9.15. The average molecular weight is 282 g/mol. The van der Waals surface area contributed by atoms with Crippen LogP contribution < -0.4 is 0 Å². The number of thioether (sulfide) groups is 1. The molecule has 0 saturated heterocycles. The Kier molecular flexibility index (Phi) is 8.73. The van der Waals surface area contributed by atoms with Crippen molar-refractivity contribution in [1.29, 1.82) is 0 Å². The molecule has 3 N–H and O–H groups in total. The first-order valence-electron chi connectivity index (χ1n) is 5.39. The van der Waals surface area contributed by atoms with Gasteiger partial charge in [-0.05, 0) is 6.92 Å². The first kappa shape index (κ1) is 17.2. The Morgan fingerprint density at radius 3 is 2.28 bits per heavy atom. The molecule has 1 unspecified atom stereocenters. The molecule has 0 radical (unpaired) electrons. The molecule has 0 aromatic heterocycles. The largest absolute Gasteiger partial charge is 0.481 e. The minimum atomic E-state index is -2.31. The van der Waals surface area contributed by atoms with Crippen molar-refractivity contribution in [1.82, 2.24) is 0 Å². The van der Waals surface area contributed by atoms with E-state index in [1.165, 1.54) is 0 Å². The highest BCUT2D eigenvalue weighted by Crippen LogP contribution is 2.26. The molecule has 0 amide bonds. The second-order valence-corrected chi connectivity index (χ2v) is 4.69. The van der Waals surface area contributed by atoms with Crippen LogP contribution in [0, 0.1) is 0 Å². The average Bonchev–Trinajstić information content (AvgIpc) is 2.26. The lowest BCUT2D eigenvalue weighted by Crippen LogP contribution is -2.38. The van der Waals surface area contributed by atoms with E-state index in [1.807, 2.05) is 6.92 Å². The molecule has 7 nitrogen and oxygen atoms in total. The summed E-state index contributed by atoms with van der Waals surface area (Å²) in [5.41, 5.74) is 0. The Hall–Kier alpha value is -0.830. The van der Waals surface area contributed by atoms with Crippen LogP contribution >= 0.6 is 11.8 Å². The molecule has 106 valence electrons. The van der Waals surface area contributed by atoms with Crippen molar-refractivity contribution in [2.75, 3.05) is 32.2 Å². The molecule has 0 aromatic rings. The summed E-state index contributed by atoms with van der Waals surface area (Å²) in [6.07, 6.45) is -0.855. The van der Waals surface area contributed by atoms with Crippen LogP contribution in [0.3, 0.4) is 0 Å². The van der Waals surface area contributed by atoms with E-state index in [0.717, 1.165) is 0 Å². The predicted molar refractivity (Wildman–Crippen MR) is 64.6 cm³/mol. The van der Waals surface area contributed by atoms with Gasteiger partial charge in [0.25, 0.3) is 0 Å². The fourth-order valence-electron chi connectivity index (χ4n) is 1.03. The molecular weight excluding hydrogens is 264 g/mol. The highest BCUT2D eigenvalue weighted by molar-refractivity contribution is 8.01. The molecule has 8 heteroatoms. The number of aliphatic hydroxyl groups is 1. The van der Waals surface area contributed by atoms with Crippen LogP contribution in [0.25, 0.3) is 0 Å². The monoisotopic (exact) mass is 282 g/mol. The molecule has 0 bridgehead atoms. The minimum Gasteiger partial charge on any atom is -0.481 e. The normalized spacial score (nSPS) is 14.1. The number of rotatable bonds is 11. The topological polar surface area (TPSA) is 113 Å². The summed E-state index contributed by atoms with van der Waals surface area (Å²) in [6.45, 7) is 3.48. The zero-order chi connectivity index (χ0) is 14.0. The molecule has 0 spiro atoms. The van der Waals surface area contributed by atoms with Crippen LogP contribution in [-0.4, -0.2) is 64.4 Å². The van der Waals surface area contributed by atoms with Gasteiger partial charge in [0, 0.05) is 12.4 Å². The number of hydrogen-bond donors (Lipinski definition) is 3. The number of carboxylic acids is 2. The highest BCUT2D eigenvalue weighted by atomic mass is 32.2. The van der Waals surface area contributed by atoms with E-state index < -0.39 is 23.3 Å². The van der Waals surface area contributed by atoms with Crippen molar-refractivity contribution in [3.05, 3.63) is 0 Å². The Balaban J connectivity index is 3.84. The van der Waals surface area contributed by atoms with E-state index in [-0.39, 0.29) is 12.4 Å². The van der Waals surface area contributed by atoms with Crippen molar-refractivity contribution in [3.63, 3.8) is 0 Å². The Bertz CT molecular complexity index is 271. The molecule has 0 aliphatic carbocycles. The van der Waals surface area contributed by atoms with Crippen LogP contribution in [0.2, 0.25) is 0 Å². The smallest absolute Gasteiger partial charge is 0.347 e. The molecule has 0 fully saturated rings. The second-order valence-electron chi connectivity index (χ2n) is 3.32. The maximum absolute atomic E-state index is 10.8. The van der Waals surface area contributed by atoms with E-state index in [2.05, 4.69) is 0 Å². The van der Waals surface area contributed by atoms with Crippen molar-refractivity contribution >= 4 is 23.7 Å². The molecule has 0 saturated carbocycles. The van der Waals surface area contributed by atoms with Gasteiger partial charge in [0.05, 0.1) is 26.2 Å². The quantitative estimate of drug-likeness (QED) is 0.359. The van der Waals surface area contributed by atoms with E-state index in [0.29, 0.717) is 31.6 Å². The zero-order valence-corrected chi connectivity index (χ0v) is 10.9. The number of hydrogen-bond acceptors (Lipinski definition) is 6. The van der Waals surface area contributed by atoms with Gasteiger partial charge >= 0.3 is 11.9 Å². The van der Waals surface area contributed by atoms with Crippen molar-refractivity contribution < 1.29 is 34.4 Å². The SMILES string of the molecule is CCOCCOCCSC(O)(CC(=O)O)C(=O)O. The Morgan fingerprint density at radius 1 is 1.17 bits per heavy atom.